The Balaban J connectivity index is 1.94. The lowest BCUT2D eigenvalue weighted by Gasteiger charge is -2.06. The van der Waals surface area contributed by atoms with Crippen LogP contribution in [0.4, 0.5) is 0 Å². The van der Waals surface area contributed by atoms with E-state index in [2.05, 4.69) is 5.10 Å². The van der Waals surface area contributed by atoms with Crippen LogP contribution in [0, 0.1) is 0 Å². The minimum absolute atomic E-state index is 0.0187. The van der Waals surface area contributed by atoms with Gasteiger partial charge in [0.15, 0.2) is 5.69 Å². The lowest BCUT2D eigenvalue weighted by Crippen LogP contribution is -2.00. The van der Waals surface area contributed by atoms with Crippen molar-refractivity contribution in [2.45, 2.75) is 0 Å². The van der Waals surface area contributed by atoms with Crippen molar-refractivity contribution in [3.63, 3.8) is 0 Å². The van der Waals surface area contributed by atoms with Crippen LogP contribution in [0.25, 0.3) is 16.8 Å². The van der Waals surface area contributed by atoms with Gasteiger partial charge in [0.2, 0.25) is 0 Å². The summed E-state index contributed by atoms with van der Waals surface area (Å²) in [5, 5.41) is 13.6. The summed E-state index contributed by atoms with van der Waals surface area (Å²) >= 11 is 6.17. The van der Waals surface area contributed by atoms with E-state index in [1.54, 1.807) is 6.20 Å². The van der Waals surface area contributed by atoms with E-state index >= 15 is 0 Å². The minimum Gasteiger partial charge on any atom is -0.476 e. The zero-order valence-electron chi connectivity index (χ0n) is 10.9. The molecule has 0 unspecified atom stereocenters. The molecule has 2 aromatic carbocycles. The first-order chi connectivity index (χ1) is 10.1. The first-order valence-corrected chi connectivity index (χ1v) is 6.67. The summed E-state index contributed by atoms with van der Waals surface area (Å²) in [4.78, 5) is 10.8. The summed E-state index contributed by atoms with van der Waals surface area (Å²) in [5.74, 6) is -1.04. The quantitative estimate of drug-likeness (QED) is 0.798. The van der Waals surface area contributed by atoms with E-state index in [1.807, 2.05) is 48.5 Å². The number of halogens is 1. The standard InChI is InChI=1S/C16H11ClN2O2/c17-14-4-2-1-3-13(14)11-5-7-12(8-6-11)19-10-9-15(18-19)16(20)21/h1-10H,(H,20,21). The van der Waals surface area contributed by atoms with E-state index in [4.69, 9.17) is 16.7 Å². The molecule has 21 heavy (non-hydrogen) atoms. The van der Waals surface area contributed by atoms with Gasteiger partial charge in [-0.1, -0.05) is 41.9 Å². The maximum Gasteiger partial charge on any atom is 0.356 e. The highest BCUT2D eigenvalue weighted by Crippen LogP contribution is 2.27. The van der Waals surface area contributed by atoms with Gasteiger partial charge in [-0.25, -0.2) is 9.48 Å². The fourth-order valence-electron chi connectivity index (χ4n) is 2.07. The van der Waals surface area contributed by atoms with Crippen LogP contribution in [0.15, 0.2) is 60.8 Å². The predicted octanol–water partition coefficient (Wildman–Crippen LogP) is 3.89. The second kappa shape index (κ2) is 5.42. The highest BCUT2D eigenvalue weighted by molar-refractivity contribution is 6.33. The molecule has 0 saturated carbocycles. The van der Waals surface area contributed by atoms with Gasteiger partial charge in [-0.3, -0.25) is 0 Å². The third-order valence-electron chi connectivity index (χ3n) is 3.12. The molecule has 1 aromatic heterocycles. The second-order valence-electron chi connectivity index (χ2n) is 4.48. The number of aromatic nitrogens is 2. The zero-order valence-corrected chi connectivity index (χ0v) is 11.7. The summed E-state index contributed by atoms with van der Waals surface area (Å²) in [6, 6.07) is 16.7. The molecule has 0 aliphatic heterocycles. The second-order valence-corrected chi connectivity index (χ2v) is 4.88. The monoisotopic (exact) mass is 298 g/mol. The number of carboxylic acid groups (broad SMARTS) is 1. The Morgan fingerprint density at radius 1 is 1.05 bits per heavy atom. The predicted molar refractivity (Wildman–Crippen MR) is 81.0 cm³/mol. The zero-order chi connectivity index (χ0) is 14.8. The van der Waals surface area contributed by atoms with E-state index < -0.39 is 5.97 Å². The van der Waals surface area contributed by atoms with Gasteiger partial charge in [-0.15, -0.1) is 0 Å². The number of aromatic carboxylic acids is 1. The first kappa shape index (κ1) is 13.4. The van der Waals surface area contributed by atoms with Crippen LogP contribution in [-0.2, 0) is 0 Å². The molecule has 0 aliphatic rings. The van der Waals surface area contributed by atoms with Crippen molar-refractivity contribution in [1.29, 1.82) is 0 Å². The molecule has 0 saturated heterocycles. The summed E-state index contributed by atoms with van der Waals surface area (Å²) in [5.41, 5.74) is 2.76. The van der Waals surface area contributed by atoms with Crippen molar-refractivity contribution < 1.29 is 9.90 Å². The molecule has 0 fully saturated rings. The molecule has 0 spiro atoms. The molecule has 0 amide bonds. The lowest BCUT2D eigenvalue weighted by atomic mass is 10.1. The molecule has 5 heteroatoms. The number of hydrogen-bond acceptors (Lipinski definition) is 2. The van der Waals surface area contributed by atoms with Gasteiger partial charge < -0.3 is 5.11 Å². The summed E-state index contributed by atoms with van der Waals surface area (Å²) in [6.45, 7) is 0. The third kappa shape index (κ3) is 2.66. The smallest absolute Gasteiger partial charge is 0.356 e. The normalized spacial score (nSPS) is 10.5. The summed E-state index contributed by atoms with van der Waals surface area (Å²) < 4.78 is 1.53. The molecule has 3 rings (SSSR count). The van der Waals surface area contributed by atoms with Gasteiger partial charge >= 0.3 is 5.97 Å². The Hall–Kier alpha value is -2.59. The van der Waals surface area contributed by atoms with E-state index in [-0.39, 0.29) is 5.69 Å². The molecular formula is C16H11ClN2O2. The summed E-state index contributed by atoms with van der Waals surface area (Å²) in [6.07, 6.45) is 1.62. The fraction of sp³-hybridized carbons (Fsp3) is 0. The van der Waals surface area contributed by atoms with Crippen LogP contribution in [0.3, 0.4) is 0 Å². The maximum atomic E-state index is 10.8. The topological polar surface area (TPSA) is 55.1 Å². The van der Waals surface area contributed by atoms with Crippen molar-refractivity contribution in [3.05, 3.63) is 71.5 Å². The Kier molecular flexibility index (Phi) is 3.46. The molecule has 0 atom stereocenters. The fourth-order valence-corrected chi connectivity index (χ4v) is 2.32. The van der Waals surface area contributed by atoms with Gasteiger partial charge in [0, 0.05) is 16.8 Å². The largest absolute Gasteiger partial charge is 0.476 e. The highest BCUT2D eigenvalue weighted by atomic mass is 35.5. The van der Waals surface area contributed by atoms with E-state index in [9.17, 15) is 4.79 Å². The highest BCUT2D eigenvalue weighted by Gasteiger charge is 2.08. The molecule has 0 radical (unpaired) electrons. The maximum absolute atomic E-state index is 10.8. The molecule has 1 N–H and O–H groups in total. The van der Waals surface area contributed by atoms with Gasteiger partial charge in [0.25, 0.3) is 0 Å². The Morgan fingerprint density at radius 2 is 1.76 bits per heavy atom. The average molecular weight is 299 g/mol. The van der Waals surface area contributed by atoms with E-state index in [1.165, 1.54) is 10.7 Å². The van der Waals surface area contributed by atoms with E-state index in [0.717, 1.165) is 16.8 Å². The van der Waals surface area contributed by atoms with Gasteiger partial charge in [0.05, 0.1) is 5.69 Å². The lowest BCUT2D eigenvalue weighted by molar-refractivity contribution is 0.0690. The van der Waals surface area contributed by atoms with Gasteiger partial charge in [-0.05, 0) is 29.8 Å². The van der Waals surface area contributed by atoms with Crippen LogP contribution in [0.5, 0.6) is 0 Å². The van der Waals surface area contributed by atoms with Crippen molar-refractivity contribution in [3.8, 4) is 16.8 Å². The minimum atomic E-state index is -1.04. The SMILES string of the molecule is O=C(O)c1ccn(-c2ccc(-c3ccccc3Cl)cc2)n1. The third-order valence-corrected chi connectivity index (χ3v) is 3.45. The van der Waals surface area contributed by atoms with Crippen LogP contribution in [-0.4, -0.2) is 20.9 Å². The molecule has 104 valence electrons. The molecule has 0 aliphatic carbocycles. The Bertz CT molecular complexity index is 794. The van der Waals surface area contributed by atoms with E-state index in [0.29, 0.717) is 5.02 Å². The number of carbonyl (C=O) groups is 1. The van der Waals surface area contributed by atoms with Crippen LogP contribution < -0.4 is 0 Å². The number of hydrogen-bond donors (Lipinski definition) is 1. The number of carboxylic acids is 1. The Morgan fingerprint density at radius 3 is 2.38 bits per heavy atom. The van der Waals surface area contributed by atoms with Crippen LogP contribution in [0.1, 0.15) is 10.5 Å². The molecule has 4 nitrogen and oxygen atoms in total. The number of rotatable bonds is 3. The Labute approximate surface area is 126 Å². The van der Waals surface area contributed by atoms with Gasteiger partial charge in [-0.2, -0.15) is 5.10 Å². The van der Waals surface area contributed by atoms with Crippen LogP contribution in [0.2, 0.25) is 5.02 Å². The average Bonchev–Trinajstić information content (AvgIpc) is 2.98. The first-order valence-electron chi connectivity index (χ1n) is 6.29. The number of nitrogens with zero attached hydrogens (tertiary/aromatic N) is 2. The molecular weight excluding hydrogens is 288 g/mol. The molecule has 3 aromatic rings. The van der Waals surface area contributed by atoms with Crippen molar-refractivity contribution in [2.24, 2.45) is 0 Å². The van der Waals surface area contributed by atoms with Gasteiger partial charge in [0.1, 0.15) is 0 Å². The molecule has 1 heterocycles. The van der Waals surface area contributed by atoms with Crippen molar-refractivity contribution >= 4 is 17.6 Å². The molecule has 0 bridgehead atoms. The summed E-state index contributed by atoms with van der Waals surface area (Å²) in [7, 11) is 0. The van der Waals surface area contributed by atoms with Crippen molar-refractivity contribution in [1.82, 2.24) is 9.78 Å². The van der Waals surface area contributed by atoms with Crippen molar-refractivity contribution in [2.75, 3.05) is 0 Å². The van der Waals surface area contributed by atoms with Crippen LogP contribution >= 0.6 is 11.6 Å². The number of benzene rings is 2.